The Morgan fingerprint density at radius 1 is 1.33 bits per heavy atom. The third-order valence-corrected chi connectivity index (χ3v) is 7.15. The molecule has 0 amide bonds. The Morgan fingerprint density at radius 2 is 2.00 bits per heavy atom. The van der Waals surface area contributed by atoms with Crippen molar-refractivity contribution in [1.29, 1.82) is 0 Å². The molecule has 0 saturated carbocycles. The summed E-state index contributed by atoms with van der Waals surface area (Å²) in [4.78, 5) is 1.47. The van der Waals surface area contributed by atoms with Gasteiger partial charge < -0.3 is 0 Å². The molecule has 0 radical (unpaired) electrons. The van der Waals surface area contributed by atoms with Gasteiger partial charge in [-0.15, -0.1) is 23.1 Å². The molecule has 82 valence electrons. The minimum Gasteiger partial charge on any atom is -0.147 e. The summed E-state index contributed by atoms with van der Waals surface area (Å²) in [5.74, 6) is 0. The Bertz CT molecular complexity index is 415. The van der Waals surface area contributed by atoms with Crippen LogP contribution in [0.15, 0.2) is 21.5 Å². The SMILES string of the molecule is CC1=C(Br)C(c2cc(C)cs2)SC1(C)C. The lowest BCUT2D eigenvalue weighted by molar-refractivity contribution is 0.844. The van der Waals surface area contributed by atoms with E-state index >= 15 is 0 Å². The van der Waals surface area contributed by atoms with Crippen molar-refractivity contribution in [2.75, 3.05) is 0 Å². The second-order valence-corrected chi connectivity index (χ2v) is 8.03. The van der Waals surface area contributed by atoms with Gasteiger partial charge in [0.2, 0.25) is 0 Å². The van der Waals surface area contributed by atoms with Crippen molar-refractivity contribution in [1.82, 2.24) is 0 Å². The predicted molar refractivity (Wildman–Crippen MR) is 75.1 cm³/mol. The second-order valence-electron chi connectivity index (χ2n) is 4.51. The zero-order chi connectivity index (χ0) is 11.2. The predicted octanol–water partition coefficient (Wildman–Crippen LogP) is 5.29. The van der Waals surface area contributed by atoms with Crippen molar-refractivity contribution >= 4 is 39.0 Å². The maximum Gasteiger partial charge on any atom is 0.0714 e. The molecule has 1 atom stereocenters. The normalized spacial score (nSPS) is 25.0. The Morgan fingerprint density at radius 3 is 2.40 bits per heavy atom. The molecule has 2 heterocycles. The Hall–Kier alpha value is 0.270. The summed E-state index contributed by atoms with van der Waals surface area (Å²) >= 11 is 7.67. The van der Waals surface area contributed by atoms with Crippen LogP contribution in [-0.4, -0.2) is 4.75 Å². The number of halogens is 1. The van der Waals surface area contributed by atoms with E-state index in [0.717, 1.165) is 0 Å². The minimum absolute atomic E-state index is 0.265. The van der Waals surface area contributed by atoms with Gasteiger partial charge in [-0.2, -0.15) is 0 Å². The lowest BCUT2D eigenvalue weighted by atomic mass is 10.0. The summed E-state index contributed by atoms with van der Waals surface area (Å²) < 4.78 is 1.64. The molecule has 1 aliphatic heterocycles. The standard InChI is InChI=1S/C12H15BrS2/c1-7-5-9(14-6-7)11-10(13)8(2)12(3,4)15-11/h5-6,11H,1-4H3. The quantitative estimate of drug-likeness (QED) is 0.679. The van der Waals surface area contributed by atoms with Crippen LogP contribution in [0.4, 0.5) is 0 Å². The summed E-state index contributed by atoms with van der Waals surface area (Å²) in [7, 11) is 0. The van der Waals surface area contributed by atoms with Crippen LogP contribution in [0.1, 0.15) is 36.5 Å². The zero-order valence-electron chi connectivity index (χ0n) is 9.43. The molecular formula is C12H15BrS2. The van der Waals surface area contributed by atoms with Gasteiger partial charge in [0.1, 0.15) is 0 Å². The van der Waals surface area contributed by atoms with Crippen LogP contribution >= 0.6 is 39.0 Å². The van der Waals surface area contributed by atoms with E-state index in [-0.39, 0.29) is 4.75 Å². The van der Waals surface area contributed by atoms with Crippen LogP contribution in [-0.2, 0) is 0 Å². The highest BCUT2D eigenvalue weighted by atomic mass is 79.9. The van der Waals surface area contributed by atoms with Gasteiger partial charge in [0.15, 0.2) is 0 Å². The highest BCUT2D eigenvalue weighted by Crippen LogP contribution is 2.57. The summed E-state index contributed by atoms with van der Waals surface area (Å²) in [6, 6.07) is 2.30. The van der Waals surface area contributed by atoms with Gasteiger partial charge in [0.25, 0.3) is 0 Å². The molecule has 0 spiro atoms. The van der Waals surface area contributed by atoms with Crippen molar-refractivity contribution in [3.63, 3.8) is 0 Å². The lowest BCUT2D eigenvalue weighted by Crippen LogP contribution is -2.11. The molecule has 1 unspecified atom stereocenters. The van der Waals surface area contributed by atoms with Gasteiger partial charge in [-0.3, -0.25) is 0 Å². The fraction of sp³-hybridized carbons (Fsp3) is 0.500. The first-order valence-corrected chi connectivity index (χ1v) is 7.56. The summed E-state index contributed by atoms with van der Waals surface area (Å²) in [6.45, 7) is 9.00. The molecule has 0 nitrogen and oxygen atoms in total. The highest BCUT2D eigenvalue weighted by molar-refractivity contribution is 9.12. The smallest absolute Gasteiger partial charge is 0.0714 e. The Balaban J connectivity index is 2.36. The zero-order valence-corrected chi connectivity index (χ0v) is 12.6. The fourth-order valence-corrected chi connectivity index (χ4v) is 5.54. The van der Waals surface area contributed by atoms with E-state index in [4.69, 9.17) is 0 Å². The van der Waals surface area contributed by atoms with E-state index in [1.165, 1.54) is 20.5 Å². The Kier molecular flexibility index (Phi) is 3.08. The number of aryl methyl sites for hydroxylation is 1. The number of thioether (sulfide) groups is 1. The average Bonchev–Trinajstić information content (AvgIpc) is 2.65. The van der Waals surface area contributed by atoms with Crippen LogP contribution in [0.2, 0.25) is 0 Å². The van der Waals surface area contributed by atoms with Gasteiger partial charge >= 0.3 is 0 Å². The van der Waals surface area contributed by atoms with Crippen molar-refractivity contribution < 1.29 is 0 Å². The average molecular weight is 303 g/mol. The molecule has 15 heavy (non-hydrogen) atoms. The van der Waals surface area contributed by atoms with Crippen molar-refractivity contribution in [2.45, 2.75) is 37.7 Å². The van der Waals surface area contributed by atoms with E-state index in [2.05, 4.69) is 55.1 Å². The first-order valence-electron chi connectivity index (χ1n) is 5.01. The van der Waals surface area contributed by atoms with Crippen LogP contribution in [0.5, 0.6) is 0 Å². The number of thiophene rings is 1. The number of hydrogen-bond acceptors (Lipinski definition) is 2. The molecule has 1 aliphatic rings. The van der Waals surface area contributed by atoms with Gasteiger partial charge in [-0.25, -0.2) is 0 Å². The molecule has 0 bridgehead atoms. The molecule has 0 N–H and O–H groups in total. The molecule has 0 saturated heterocycles. The summed E-state index contributed by atoms with van der Waals surface area (Å²) in [5, 5.41) is 2.75. The van der Waals surface area contributed by atoms with Crippen LogP contribution < -0.4 is 0 Å². The van der Waals surface area contributed by atoms with E-state index in [1.54, 1.807) is 0 Å². The van der Waals surface area contributed by atoms with Crippen LogP contribution in [0, 0.1) is 6.92 Å². The molecule has 0 aromatic carbocycles. The highest BCUT2D eigenvalue weighted by Gasteiger charge is 2.37. The molecule has 3 heteroatoms. The van der Waals surface area contributed by atoms with E-state index in [9.17, 15) is 0 Å². The maximum absolute atomic E-state index is 3.76. The first-order chi connectivity index (χ1) is 6.92. The maximum atomic E-state index is 3.76. The monoisotopic (exact) mass is 302 g/mol. The summed E-state index contributed by atoms with van der Waals surface area (Å²) in [6.07, 6.45) is 0. The number of rotatable bonds is 1. The first kappa shape index (κ1) is 11.7. The topological polar surface area (TPSA) is 0 Å². The third-order valence-electron chi connectivity index (χ3n) is 2.91. The van der Waals surface area contributed by atoms with E-state index in [1.807, 2.05) is 23.1 Å². The number of hydrogen-bond donors (Lipinski definition) is 0. The minimum atomic E-state index is 0.265. The van der Waals surface area contributed by atoms with Crippen molar-refractivity contribution in [2.24, 2.45) is 0 Å². The van der Waals surface area contributed by atoms with Crippen molar-refractivity contribution in [3.8, 4) is 0 Å². The summed E-state index contributed by atoms with van der Waals surface area (Å²) in [5.41, 5.74) is 2.85. The van der Waals surface area contributed by atoms with E-state index in [0.29, 0.717) is 5.25 Å². The third kappa shape index (κ3) is 2.06. The fourth-order valence-electron chi connectivity index (χ4n) is 1.69. The largest absolute Gasteiger partial charge is 0.147 e. The molecule has 0 fully saturated rings. The van der Waals surface area contributed by atoms with Gasteiger partial charge in [-0.1, -0.05) is 15.9 Å². The van der Waals surface area contributed by atoms with Gasteiger partial charge in [-0.05, 0) is 50.3 Å². The van der Waals surface area contributed by atoms with Gasteiger partial charge in [0.05, 0.1) is 5.25 Å². The van der Waals surface area contributed by atoms with E-state index < -0.39 is 0 Å². The molecule has 1 aromatic heterocycles. The molecule has 0 aliphatic carbocycles. The Labute approximate surface area is 108 Å². The molecule has 1 aromatic rings. The van der Waals surface area contributed by atoms with Crippen molar-refractivity contribution in [3.05, 3.63) is 31.9 Å². The molecular weight excluding hydrogens is 288 g/mol. The lowest BCUT2D eigenvalue weighted by Gasteiger charge is -2.19. The molecule has 2 rings (SSSR count). The van der Waals surface area contributed by atoms with Crippen LogP contribution in [0.25, 0.3) is 0 Å². The van der Waals surface area contributed by atoms with Crippen LogP contribution in [0.3, 0.4) is 0 Å². The second kappa shape index (κ2) is 3.94. The van der Waals surface area contributed by atoms with Gasteiger partial charge in [0, 0.05) is 14.1 Å².